The van der Waals surface area contributed by atoms with E-state index in [1.165, 1.54) is 88.1 Å². The molecule has 2 heterocycles. The molecule has 2 fully saturated rings. The molecule has 2 N–H and O–H groups in total. The number of aromatic nitrogens is 2. The number of aryl methyl sites for hydroxylation is 1. The molecule has 6 nitrogen and oxygen atoms in total. The van der Waals surface area contributed by atoms with E-state index in [0.717, 1.165) is 24.2 Å². The van der Waals surface area contributed by atoms with E-state index < -0.39 is 23.6 Å². The second-order valence-electron chi connectivity index (χ2n) is 12.2. The van der Waals surface area contributed by atoms with Crippen LogP contribution in [-0.4, -0.2) is 58.5 Å². The Morgan fingerprint density at radius 2 is 1.57 bits per heavy atom. The predicted octanol–water partition coefficient (Wildman–Crippen LogP) is 7.28. The topological polar surface area (TPSA) is 70.4 Å². The van der Waals surface area contributed by atoms with Gasteiger partial charge in [0.1, 0.15) is 23.5 Å². The maximum absolute atomic E-state index is 13.5. The number of hydrogen-bond donors (Lipinski definition) is 2. The summed E-state index contributed by atoms with van der Waals surface area (Å²) >= 11 is 0. The summed E-state index contributed by atoms with van der Waals surface area (Å²) in [7, 11) is 1.65. The fourth-order valence-corrected chi connectivity index (χ4v) is 6.20. The number of halogens is 3. The van der Waals surface area contributed by atoms with Crippen molar-refractivity contribution in [3.8, 4) is 0 Å². The lowest BCUT2D eigenvalue weighted by Crippen LogP contribution is -2.38. The van der Waals surface area contributed by atoms with E-state index in [1.807, 2.05) is 13.8 Å². The molecule has 1 aromatic heterocycles. The zero-order valence-corrected chi connectivity index (χ0v) is 26.6. The van der Waals surface area contributed by atoms with Crippen molar-refractivity contribution in [3.63, 3.8) is 0 Å². The van der Waals surface area contributed by atoms with Crippen LogP contribution in [0.15, 0.2) is 54.6 Å². The third kappa shape index (κ3) is 11.4. The predicted molar refractivity (Wildman–Crippen MR) is 169 cm³/mol. The van der Waals surface area contributed by atoms with Gasteiger partial charge in [-0.05, 0) is 100 Å². The maximum Gasteiger partial charge on any atom is 0.320 e. The number of likely N-dealkylation sites (N-methyl/N-ethyl adjacent to an activating group) is 1. The standard InChI is InChI=1S/C23H31F2N3.C6H5F.C6H13NO2/c1-2-28-23(15-22(26-28)13-18-11-20(24)14-21(25)12-18)19-7-9-27(10-8-19)16-17-5-3-4-6-17;7-6-4-2-1-3-5-6;1-4(2)5(7-3)6(8)9/h11-12,14-15,17,19H,2-10,13,16H2,1H3;1-5H;4-5,7H,1-3H3,(H,8,9). The number of carbonyl (C=O) groups is 1. The van der Waals surface area contributed by atoms with Crippen LogP contribution in [0.1, 0.15) is 82.2 Å². The smallest absolute Gasteiger partial charge is 0.320 e. The van der Waals surface area contributed by atoms with Crippen molar-refractivity contribution in [2.45, 2.75) is 84.2 Å². The van der Waals surface area contributed by atoms with Crippen LogP contribution in [-0.2, 0) is 17.8 Å². The third-order valence-electron chi connectivity index (χ3n) is 8.44. The summed E-state index contributed by atoms with van der Waals surface area (Å²) in [6.07, 6.45) is 8.46. The van der Waals surface area contributed by atoms with Crippen molar-refractivity contribution in [3.05, 3.63) is 89.0 Å². The summed E-state index contributed by atoms with van der Waals surface area (Å²) in [5, 5.41) is 15.9. The van der Waals surface area contributed by atoms with Crippen molar-refractivity contribution in [2.24, 2.45) is 11.8 Å². The molecule has 1 atom stereocenters. The number of hydrogen-bond acceptors (Lipinski definition) is 4. The Hall–Kier alpha value is -3.17. The monoisotopic (exact) mass is 614 g/mol. The van der Waals surface area contributed by atoms with Gasteiger partial charge < -0.3 is 15.3 Å². The molecule has 5 rings (SSSR count). The average Bonchev–Trinajstić information content (AvgIpc) is 3.64. The number of rotatable bonds is 9. The number of carboxylic acid groups (broad SMARTS) is 1. The molecule has 0 radical (unpaired) electrons. The summed E-state index contributed by atoms with van der Waals surface area (Å²) in [6, 6.07) is 13.4. The molecule has 2 aliphatic rings. The van der Waals surface area contributed by atoms with Crippen LogP contribution in [0.5, 0.6) is 0 Å². The van der Waals surface area contributed by atoms with Gasteiger partial charge in [-0.25, -0.2) is 13.2 Å². The molecule has 44 heavy (non-hydrogen) atoms. The van der Waals surface area contributed by atoms with E-state index in [4.69, 9.17) is 10.2 Å². The Morgan fingerprint density at radius 3 is 2.02 bits per heavy atom. The number of aliphatic carboxylic acids is 1. The highest BCUT2D eigenvalue weighted by Crippen LogP contribution is 2.32. The molecule has 0 bridgehead atoms. The van der Waals surface area contributed by atoms with Crippen LogP contribution in [0.25, 0.3) is 0 Å². The minimum Gasteiger partial charge on any atom is -0.480 e. The summed E-state index contributed by atoms with van der Waals surface area (Å²) in [5.74, 6) is -0.427. The van der Waals surface area contributed by atoms with Gasteiger partial charge in [0.2, 0.25) is 0 Å². The second-order valence-corrected chi connectivity index (χ2v) is 12.2. The first kappa shape index (κ1) is 35.3. The Bertz CT molecular complexity index is 1250. The summed E-state index contributed by atoms with van der Waals surface area (Å²) in [5.41, 5.74) is 2.82. The van der Waals surface area contributed by atoms with Gasteiger partial charge in [-0.2, -0.15) is 5.10 Å². The normalized spacial score (nSPS) is 16.6. The van der Waals surface area contributed by atoms with E-state index in [9.17, 15) is 18.0 Å². The number of likely N-dealkylation sites (tertiary alicyclic amines) is 1. The number of carboxylic acids is 1. The summed E-state index contributed by atoms with van der Waals surface area (Å²) in [6.45, 7) is 10.3. The molecule has 1 saturated heterocycles. The van der Waals surface area contributed by atoms with Gasteiger partial charge in [-0.15, -0.1) is 0 Å². The van der Waals surface area contributed by atoms with Crippen LogP contribution >= 0.6 is 0 Å². The van der Waals surface area contributed by atoms with Crippen molar-refractivity contribution < 1.29 is 23.1 Å². The first-order chi connectivity index (χ1) is 21.1. The minimum absolute atomic E-state index is 0.146. The molecular formula is C35H49F3N4O2. The fourth-order valence-electron chi connectivity index (χ4n) is 6.20. The number of piperidine rings is 1. The zero-order valence-electron chi connectivity index (χ0n) is 26.6. The van der Waals surface area contributed by atoms with E-state index in [0.29, 0.717) is 17.9 Å². The van der Waals surface area contributed by atoms with Crippen molar-refractivity contribution in [2.75, 3.05) is 26.7 Å². The lowest BCUT2D eigenvalue weighted by atomic mass is 9.92. The lowest BCUT2D eigenvalue weighted by Gasteiger charge is -2.33. The quantitative estimate of drug-likeness (QED) is 0.265. The molecule has 1 saturated carbocycles. The van der Waals surface area contributed by atoms with Crippen LogP contribution in [0, 0.1) is 29.3 Å². The molecule has 242 valence electrons. The molecule has 2 aromatic carbocycles. The molecule has 1 aliphatic heterocycles. The second kappa shape index (κ2) is 18.0. The van der Waals surface area contributed by atoms with Gasteiger partial charge in [0.15, 0.2) is 0 Å². The van der Waals surface area contributed by atoms with Crippen molar-refractivity contribution in [1.82, 2.24) is 20.0 Å². The fraction of sp³-hybridized carbons (Fsp3) is 0.543. The number of nitrogens with zero attached hydrogens (tertiary/aromatic N) is 3. The first-order valence-corrected chi connectivity index (χ1v) is 15.9. The molecule has 1 unspecified atom stereocenters. The van der Waals surface area contributed by atoms with Crippen LogP contribution in [0.2, 0.25) is 0 Å². The van der Waals surface area contributed by atoms with E-state index in [-0.39, 0.29) is 11.7 Å². The largest absolute Gasteiger partial charge is 0.480 e. The summed E-state index contributed by atoms with van der Waals surface area (Å²) < 4.78 is 41.0. The Balaban J connectivity index is 0.000000271. The SMILES string of the molecule is CCn1nc(Cc2cc(F)cc(F)c2)cc1C1CCN(CC2CCCC2)CC1.CNC(C(=O)O)C(C)C.Fc1ccccc1. The molecule has 1 aliphatic carbocycles. The minimum atomic E-state index is -0.785. The van der Waals surface area contributed by atoms with Crippen LogP contribution < -0.4 is 5.32 Å². The molecular weight excluding hydrogens is 565 g/mol. The number of nitrogens with one attached hydrogen (secondary N) is 1. The average molecular weight is 615 g/mol. The Kier molecular flexibility index (Phi) is 14.4. The van der Waals surface area contributed by atoms with Gasteiger partial charge in [-0.3, -0.25) is 9.48 Å². The molecule has 0 spiro atoms. The van der Waals surface area contributed by atoms with Gasteiger partial charge in [0.25, 0.3) is 0 Å². The zero-order chi connectivity index (χ0) is 32.1. The van der Waals surface area contributed by atoms with Crippen molar-refractivity contribution >= 4 is 5.97 Å². The highest BCUT2D eigenvalue weighted by atomic mass is 19.1. The van der Waals surface area contributed by atoms with E-state index >= 15 is 0 Å². The molecule has 9 heteroatoms. The molecule has 3 aromatic rings. The maximum atomic E-state index is 13.5. The van der Waals surface area contributed by atoms with Gasteiger partial charge in [0, 0.05) is 37.2 Å². The van der Waals surface area contributed by atoms with E-state index in [2.05, 4.69) is 27.9 Å². The first-order valence-electron chi connectivity index (χ1n) is 15.9. The van der Waals surface area contributed by atoms with Crippen molar-refractivity contribution in [1.29, 1.82) is 0 Å². The third-order valence-corrected chi connectivity index (χ3v) is 8.44. The summed E-state index contributed by atoms with van der Waals surface area (Å²) in [4.78, 5) is 13.0. The number of benzene rings is 2. The van der Waals surface area contributed by atoms with Gasteiger partial charge in [0.05, 0.1) is 5.69 Å². The Morgan fingerprint density at radius 1 is 0.955 bits per heavy atom. The Labute approximate surface area is 260 Å². The van der Waals surface area contributed by atoms with Crippen LogP contribution in [0.3, 0.4) is 0 Å². The van der Waals surface area contributed by atoms with E-state index in [1.54, 1.807) is 25.2 Å². The highest BCUT2D eigenvalue weighted by molar-refractivity contribution is 5.73. The highest BCUT2D eigenvalue weighted by Gasteiger charge is 2.26. The van der Waals surface area contributed by atoms with Crippen LogP contribution in [0.4, 0.5) is 13.2 Å². The lowest BCUT2D eigenvalue weighted by molar-refractivity contribution is -0.140. The molecule has 0 amide bonds. The van der Waals surface area contributed by atoms with Gasteiger partial charge in [-0.1, -0.05) is 44.9 Å². The van der Waals surface area contributed by atoms with Gasteiger partial charge >= 0.3 is 5.97 Å².